The smallest absolute Gasteiger partial charge is 0.145 e. The highest BCUT2D eigenvalue weighted by molar-refractivity contribution is 5.50. The van der Waals surface area contributed by atoms with Gasteiger partial charge in [0.25, 0.3) is 0 Å². The third kappa shape index (κ3) is 5.61. The average molecular weight is 236 g/mol. The van der Waals surface area contributed by atoms with Gasteiger partial charge in [-0.2, -0.15) is 0 Å². The summed E-state index contributed by atoms with van der Waals surface area (Å²) in [4.78, 5) is 10.2. The van der Waals surface area contributed by atoms with Crippen molar-refractivity contribution in [1.29, 1.82) is 0 Å². The molecule has 0 heterocycles. The molecule has 0 saturated heterocycles. The second-order valence-corrected chi connectivity index (χ2v) is 4.28. The van der Waals surface area contributed by atoms with Crippen LogP contribution in [0.25, 0.3) is 0 Å². The van der Waals surface area contributed by atoms with Gasteiger partial charge in [-0.05, 0) is 11.5 Å². The fourth-order valence-corrected chi connectivity index (χ4v) is 1.44. The summed E-state index contributed by atoms with van der Waals surface area (Å²) in [7, 11) is 0. The quantitative estimate of drug-likeness (QED) is 0.513. The standard InChI is InChI=1S/C14H20O3/c1-12(2)14(11-16-9-8-15)17-10-13-6-4-3-5-7-13/h3-8,12,14H,9-11H2,1-2H3/t14-/m1/s1. The van der Waals surface area contributed by atoms with Crippen LogP contribution in [0.15, 0.2) is 30.3 Å². The van der Waals surface area contributed by atoms with Crippen molar-refractivity contribution in [1.82, 2.24) is 0 Å². The fourth-order valence-electron chi connectivity index (χ4n) is 1.44. The average Bonchev–Trinajstić information content (AvgIpc) is 2.34. The minimum Gasteiger partial charge on any atom is -0.371 e. The molecule has 0 radical (unpaired) electrons. The normalized spacial score (nSPS) is 12.6. The predicted molar refractivity (Wildman–Crippen MR) is 66.7 cm³/mol. The van der Waals surface area contributed by atoms with Gasteiger partial charge in [-0.3, -0.25) is 0 Å². The van der Waals surface area contributed by atoms with Crippen molar-refractivity contribution in [3.8, 4) is 0 Å². The molecule has 94 valence electrons. The second kappa shape index (κ2) is 7.98. The maximum absolute atomic E-state index is 10.2. The molecule has 3 heteroatoms. The van der Waals surface area contributed by atoms with Crippen LogP contribution in [0.3, 0.4) is 0 Å². The highest BCUT2D eigenvalue weighted by Gasteiger charge is 2.14. The topological polar surface area (TPSA) is 35.5 Å². The molecule has 0 spiro atoms. The Morgan fingerprint density at radius 1 is 1.24 bits per heavy atom. The SMILES string of the molecule is CC(C)[C@@H](COCC=O)OCc1ccccc1. The molecule has 3 nitrogen and oxygen atoms in total. The number of hydrogen-bond donors (Lipinski definition) is 0. The highest BCUT2D eigenvalue weighted by Crippen LogP contribution is 2.10. The first-order chi connectivity index (χ1) is 8.24. The van der Waals surface area contributed by atoms with Crippen LogP contribution in [-0.2, 0) is 20.9 Å². The summed E-state index contributed by atoms with van der Waals surface area (Å²) in [6.07, 6.45) is 0.782. The van der Waals surface area contributed by atoms with E-state index in [0.29, 0.717) is 19.1 Å². The van der Waals surface area contributed by atoms with Gasteiger partial charge in [0.1, 0.15) is 12.9 Å². The van der Waals surface area contributed by atoms with E-state index in [4.69, 9.17) is 9.47 Å². The van der Waals surface area contributed by atoms with Gasteiger partial charge in [0.15, 0.2) is 0 Å². The molecule has 1 aromatic carbocycles. The molecule has 1 rings (SSSR count). The summed E-state index contributed by atoms with van der Waals surface area (Å²) in [5.41, 5.74) is 1.15. The maximum atomic E-state index is 10.2. The first kappa shape index (κ1) is 13.9. The molecule has 0 aromatic heterocycles. The van der Waals surface area contributed by atoms with Crippen LogP contribution in [0.5, 0.6) is 0 Å². The Morgan fingerprint density at radius 3 is 2.53 bits per heavy atom. The van der Waals surface area contributed by atoms with Gasteiger partial charge in [0.05, 0.1) is 19.3 Å². The summed E-state index contributed by atoms with van der Waals surface area (Å²) >= 11 is 0. The van der Waals surface area contributed by atoms with E-state index in [0.717, 1.165) is 11.8 Å². The third-order valence-electron chi connectivity index (χ3n) is 2.52. The Bertz CT molecular complexity index is 309. The molecule has 0 aliphatic heterocycles. The van der Waals surface area contributed by atoms with Crippen LogP contribution < -0.4 is 0 Å². The Morgan fingerprint density at radius 2 is 1.94 bits per heavy atom. The van der Waals surface area contributed by atoms with Gasteiger partial charge in [0.2, 0.25) is 0 Å². The van der Waals surface area contributed by atoms with Gasteiger partial charge in [0, 0.05) is 0 Å². The monoisotopic (exact) mass is 236 g/mol. The first-order valence-corrected chi connectivity index (χ1v) is 5.91. The zero-order chi connectivity index (χ0) is 12.5. The van der Waals surface area contributed by atoms with Crippen molar-refractivity contribution in [2.45, 2.75) is 26.6 Å². The van der Waals surface area contributed by atoms with Crippen molar-refractivity contribution in [2.75, 3.05) is 13.2 Å². The van der Waals surface area contributed by atoms with Crippen LogP contribution in [0.1, 0.15) is 19.4 Å². The lowest BCUT2D eigenvalue weighted by Gasteiger charge is -2.21. The summed E-state index contributed by atoms with van der Waals surface area (Å²) in [5.74, 6) is 0.366. The molecule has 1 aromatic rings. The summed E-state index contributed by atoms with van der Waals surface area (Å²) < 4.78 is 11.0. The van der Waals surface area contributed by atoms with E-state index in [1.54, 1.807) is 0 Å². The minimum absolute atomic E-state index is 0.0233. The summed E-state index contributed by atoms with van der Waals surface area (Å²) in [5, 5.41) is 0. The summed E-state index contributed by atoms with van der Waals surface area (Å²) in [6, 6.07) is 10.0. The van der Waals surface area contributed by atoms with Gasteiger partial charge < -0.3 is 14.3 Å². The molecule has 0 N–H and O–H groups in total. The van der Waals surface area contributed by atoms with Crippen molar-refractivity contribution in [3.05, 3.63) is 35.9 Å². The zero-order valence-electron chi connectivity index (χ0n) is 10.5. The fraction of sp³-hybridized carbons (Fsp3) is 0.500. The molecule has 0 amide bonds. The molecule has 0 fully saturated rings. The largest absolute Gasteiger partial charge is 0.371 e. The lowest BCUT2D eigenvalue weighted by molar-refractivity contribution is -0.114. The molecule has 0 aliphatic rings. The number of ether oxygens (including phenoxy) is 2. The number of carbonyl (C=O) groups excluding carboxylic acids is 1. The molecule has 0 aliphatic carbocycles. The van der Waals surface area contributed by atoms with Crippen LogP contribution >= 0.6 is 0 Å². The second-order valence-electron chi connectivity index (χ2n) is 4.28. The Labute approximate surface area is 103 Å². The highest BCUT2D eigenvalue weighted by atomic mass is 16.5. The van der Waals surface area contributed by atoms with E-state index in [-0.39, 0.29) is 12.7 Å². The van der Waals surface area contributed by atoms with Gasteiger partial charge >= 0.3 is 0 Å². The number of rotatable bonds is 8. The lowest BCUT2D eigenvalue weighted by atomic mass is 10.1. The van der Waals surface area contributed by atoms with E-state index in [9.17, 15) is 4.79 Å². The van der Waals surface area contributed by atoms with E-state index in [2.05, 4.69) is 13.8 Å². The molecular formula is C14H20O3. The Hall–Kier alpha value is -1.19. The first-order valence-electron chi connectivity index (χ1n) is 5.91. The number of carbonyl (C=O) groups is 1. The molecule has 0 bridgehead atoms. The van der Waals surface area contributed by atoms with E-state index in [1.165, 1.54) is 0 Å². The van der Waals surface area contributed by atoms with Crippen molar-refractivity contribution in [3.63, 3.8) is 0 Å². The van der Waals surface area contributed by atoms with Crippen molar-refractivity contribution >= 4 is 6.29 Å². The molecular weight excluding hydrogens is 216 g/mol. The minimum atomic E-state index is 0.0233. The number of benzene rings is 1. The van der Waals surface area contributed by atoms with Crippen LogP contribution in [0, 0.1) is 5.92 Å². The molecule has 0 unspecified atom stereocenters. The predicted octanol–water partition coefficient (Wildman–Crippen LogP) is 2.44. The van der Waals surface area contributed by atoms with Crippen molar-refractivity contribution in [2.24, 2.45) is 5.92 Å². The number of aldehydes is 1. The van der Waals surface area contributed by atoms with E-state index < -0.39 is 0 Å². The maximum Gasteiger partial charge on any atom is 0.145 e. The van der Waals surface area contributed by atoms with Crippen LogP contribution in [0.4, 0.5) is 0 Å². The van der Waals surface area contributed by atoms with Crippen molar-refractivity contribution < 1.29 is 14.3 Å². The number of hydrogen-bond acceptors (Lipinski definition) is 3. The van der Waals surface area contributed by atoms with Gasteiger partial charge in [-0.25, -0.2) is 0 Å². The molecule has 0 saturated carbocycles. The van der Waals surface area contributed by atoms with Gasteiger partial charge in [-0.1, -0.05) is 44.2 Å². The zero-order valence-corrected chi connectivity index (χ0v) is 10.5. The van der Waals surface area contributed by atoms with Crippen LogP contribution in [0.2, 0.25) is 0 Å². The Balaban J connectivity index is 2.36. The summed E-state index contributed by atoms with van der Waals surface area (Å²) in [6.45, 7) is 5.34. The molecule has 17 heavy (non-hydrogen) atoms. The molecule has 1 atom stereocenters. The lowest BCUT2D eigenvalue weighted by Crippen LogP contribution is -2.26. The van der Waals surface area contributed by atoms with Gasteiger partial charge in [-0.15, -0.1) is 0 Å². The third-order valence-corrected chi connectivity index (χ3v) is 2.52. The Kier molecular flexibility index (Phi) is 6.51. The van der Waals surface area contributed by atoms with Crippen LogP contribution in [-0.4, -0.2) is 25.6 Å². The van der Waals surface area contributed by atoms with E-state index in [1.807, 2.05) is 30.3 Å². The van der Waals surface area contributed by atoms with E-state index >= 15 is 0 Å².